The minimum Gasteiger partial charge on any atom is -0.497 e. The highest BCUT2D eigenvalue weighted by Gasteiger charge is 2.60. The van der Waals surface area contributed by atoms with E-state index in [-0.39, 0.29) is 29.1 Å². The minimum atomic E-state index is -1.03. The zero-order chi connectivity index (χ0) is 32.6. The molecule has 2 atom stereocenters. The molecule has 0 unspecified atom stereocenters. The van der Waals surface area contributed by atoms with E-state index in [0.717, 1.165) is 16.8 Å². The van der Waals surface area contributed by atoms with Gasteiger partial charge < -0.3 is 29.6 Å². The fourth-order valence-electron chi connectivity index (χ4n) is 7.69. The van der Waals surface area contributed by atoms with E-state index < -0.39 is 5.54 Å². The maximum Gasteiger partial charge on any atom is 0.250 e. The summed E-state index contributed by atoms with van der Waals surface area (Å²) >= 11 is 0. The third kappa shape index (κ3) is 5.75. The van der Waals surface area contributed by atoms with Gasteiger partial charge in [0.2, 0.25) is 5.91 Å². The molecule has 4 aromatic rings. The number of likely N-dealkylation sites (tertiary alicyclic amines) is 1. The summed E-state index contributed by atoms with van der Waals surface area (Å²) < 4.78 is 11.0. The van der Waals surface area contributed by atoms with Crippen LogP contribution in [-0.4, -0.2) is 66.5 Å². The minimum absolute atomic E-state index is 0.0170. The molecule has 8 heteroatoms. The van der Waals surface area contributed by atoms with E-state index in [9.17, 15) is 9.59 Å². The number of hydrogen-bond donors (Lipinski definition) is 2. The number of fused-ring (bicyclic) bond motifs is 1. The number of benzene rings is 3. The Morgan fingerprint density at radius 3 is 2.37 bits per heavy atom. The van der Waals surface area contributed by atoms with Crippen molar-refractivity contribution < 1.29 is 19.1 Å². The average Bonchev–Trinajstić information content (AvgIpc) is 3.41. The summed E-state index contributed by atoms with van der Waals surface area (Å²) in [6.07, 6.45) is 1.44. The lowest BCUT2D eigenvalue weighted by Crippen LogP contribution is -2.62. The van der Waals surface area contributed by atoms with Crippen LogP contribution >= 0.6 is 0 Å². The molecular weight excluding hydrogens is 576 g/mol. The maximum atomic E-state index is 14.8. The number of rotatable bonds is 10. The Labute approximate surface area is 272 Å². The second-order valence-electron chi connectivity index (χ2n) is 13.6. The van der Waals surface area contributed by atoms with E-state index in [4.69, 9.17) is 9.47 Å². The van der Waals surface area contributed by atoms with Gasteiger partial charge in [0.15, 0.2) is 0 Å². The van der Waals surface area contributed by atoms with Gasteiger partial charge in [0, 0.05) is 48.7 Å². The zero-order valence-electron chi connectivity index (χ0n) is 27.9. The van der Waals surface area contributed by atoms with E-state index in [0.29, 0.717) is 56.1 Å². The van der Waals surface area contributed by atoms with E-state index in [1.807, 2.05) is 35.2 Å². The number of carbonyl (C=O) groups is 2. The van der Waals surface area contributed by atoms with Crippen LogP contribution in [0.25, 0.3) is 10.9 Å². The summed E-state index contributed by atoms with van der Waals surface area (Å²) in [5, 5.41) is 4.40. The highest BCUT2D eigenvalue weighted by atomic mass is 16.5. The van der Waals surface area contributed by atoms with E-state index in [1.54, 1.807) is 32.4 Å². The van der Waals surface area contributed by atoms with Crippen molar-refractivity contribution in [3.05, 3.63) is 89.6 Å². The van der Waals surface area contributed by atoms with Gasteiger partial charge in [-0.3, -0.25) is 9.59 Å². The third-order valence-corrected chi connectivity index (χ3v) is 10.6. The number of ether oxygens (including phenoxy) is 2. The molecule has 8 nitrogen and oxygen atoms in total. The Bertz CT molecular complexity index is 1720. The average molecular weight is 623 g/mol. The predicted octanol–water partition coefficient (Wildman–Crippen LogP) is 6.76. The normalized spacial score (nSPS) is 20.2. The Morgan fingerprint density at radius 1 is 0.978 bits per heavy atom. The van der Waals surface area contributed by atoms with Gasteiger partial charge in [-0.05, 0) is 73.4 Å². The summed E-state index contributed by atoms with van der Waals surface area (Å²) in [4.78, 5) is 37.1. The Kier molecular flexibility index (Phi) is 8.59. The number of amides is 2. The highest BCUT2D eigenvalue weighted by molar-refractivity contribution is 6.01. The van der Waals surface area contributed by atoms with Crippen LogP contribution in [0.15, 0.2) is 72.8 Å². The lowest BCUT2D eigenvalue weighted by Gasteiger charge is -2.47. The van der Waals surface area contributed by atoms with Crippen LogP contribution in [0.1, 0.15) is 55.8 Å². The summed E-state index contributed by atoms with van der Waals surface area (Å²) in [7, 11) is 5.24. The van der Waals surface area contributed by atoms with Gasteiger partial charge in [-0.2, -0.15) is 0 Å². The lowest BCUT2D eigenvalue weighted by molar-refractivity contribution is -0.150. The van der Waals surface area contributed by atoms with Crippen LogP contribution in [0, 0.1) is 18.3 Å². The van der Waals surface area contributed by atoms with Crippen molar-refractivity contribution in [3.63, 3.8) is 0 Å². The molecular formula is C38H46N4O4. The molecule has 1 saturated carbocycles. The number of aromatic nitrogens is 1. The smallest absolute Gasteiger partial charge is 0.250 e. The number of H-pyrrole nitrogens is 1. The van der Waals surface area contributed by atoms with Gasteiger partial charge in [-0.1, -0.05) is 62.4 Å². The number of methoxy groups -OCH3 is 2. The molecule has 1 aliphatic heterocycles. The van der Waals surface area contributed by atoms with Crippen LogP contribution < -0.4 is 14.8 Å². The molecule has 242 valence electrons. The van der Waals surface area contributed by atoms with Crippen molar-refractivity contribution in [1.29, 1.82) is 0 Å². The summed E-state index contributed by atoms with van der Waals surface area (Å²) in [5.74, 6) is 1.38. The summed E-state index contributed by atoms with van der Waals surface area (Å²) in [6, 6.07) is 23.8. The monoisotopic (exact) mass is 622 g/mol. The fourth-order valence-corrected chi connectivity index (χ4v) is 7.69. The second-order valence-corrected chi connectivity index (χ2v) is 13.6. The summed E-state index contributed by atoms with van der Waals surface area (Å²) in [5.41, 5.74) is 4.07. The number of nitrogens with zero attached hydrogens (tertiary/aromatic N) is 2. The molecule has 2 aliphatic rings. The molecule has 0 bridgehead atoms. The largest absolute Gasteiger partial charge is 0.497 e. The maximum absolute atomic E-state index is 14.8. The Hall–Kier alpha value is -4.30. The van der Waals surface area contributed by atoms with Gasteiger partial charge in [-0.25, -0.2) is 0 Å². The third-order valence-electron chi connectivity index (χ3n) is 10.6. The van der Waals surface area contributed by atoms with Gasteiger partial charge in [-0.15, -0.1) is 0 Å². The van der Waals surface area contributed by atoms with E-state index in [2.05, 4.69) is 67.3 Å². The first-order valence-corrected chi connectivity index (χ1v) is 16.2. The predicted molar refractivity (Wildman–Crippen MR) is 182 cm³/mol. The van der Waals surface area contributed by atoms with Gasteiger partial charge in [0.05, 0.1) is 19.9 Å². The molecule has 46 heavy (non-hydrogen) atoms. The van der Waals surface area contributed by atoms with Crippen LogP contribution in [0.5, 0.6) is 11.5 Å². The first-order chi connectivity index (χ1) is 22.1. The number of hydrogen-bond acceptors (Lipinski definition) is 5. The van der Waals surface area contributed by atoms with Crippen LogP contribution in [0.4, 0.5) is 5.69 Å². The SMILES string of the molecule is COc1ccc(NC(=O)C2(N(Cc3ccccc3)C(=O)C[C@H]3[C@H](c4c(C)[nH]c5ccccc45)C3(C)C)CCN(C)CC2)c(OC)c1. The number of aryl methyl sites for hydroxylation is 1. The summed E-state index contributed by atoms with van der Waals surface area (Å²) in [6.45, 7) is 8.45. The number of carbonyl (C=O) groups excluding carboxylic acids is 2. The van der Waals surface area contributed by atoms with E-state index >= 15 is 0 Å². The Balaban J connectivity index is 1.35. The topological polar surface area (TPSA) is 86.9 Å². The Morgan fingerprint density at radius 2 is 1.67 bits per heavy atom. The molecule has 2 heterocycles. The molecule has 0 radical (unpaired) electrons. The number of aromatic amines is 1. The molecule has 1 saturated heterocycles. The van der Waals surface area contributed by atoms with Crippen molar-refractivity contribution in [2.24, 2.45) is 11.3 Å². The van der Waals surface area contributed by atoms with E-state index in [1.165, 1.54) is 10.9 Å². The molecule has 2 fully saturated rings. The van der Waals surface area contributed by atoms with Crippen molar-refractivity contribution in [2.75, 3.05) is 39.7 Å². The molecule has 0 spiro atoms. The number of nitrogens with one attached hydrogen (secondary N) is 2. The molecule has 1 aliphatic carbocycles. The molecule has 2 N–H and O–H groups in total. The van der Waals surface area contributed by atoms with Crippen LogP contribution in [0.3, 0.4) is 0 Å². The van der Waals surface area contributed by atoms with Gasteiger partial charge >= 0.3 is 0 Å². The van der Waals surface area contributed by atoms with Crippen molar-refractivity contribution in [3.8, 4) is 11.5 Å². The standard InChI is InChI=1S/C38H46N4O4/c1-25-34(28-14-10-11-15-30(28)39-25)35-29(37(35,2)3)23-33(43)42(24-26-12-8-7-9-13-26)38(18-20-41(4)21-19-38)36(44)40-31-17-16-27(45-5)22-32(31)46-6/h7-17,22,29,35,39H,18-21,23-24H2,1-6H3,(H,40,44)/t29-,35+/m0/s1. The lowest BCUT2D eigenvalue weighted by atomic mass is 9.83. The molecule has 2 amide bonds. The van der Waals surface area contributed by atoms with Crippen molar-refractivity contribution >= 4 is 28.4 Å². The first kappa shape index (κ1) is 31.7. The van der Waals surface area contributed by atoms with Crippen molar-refractivity contribution in [1.82, 2.24) is 14.8 Å². The number of piperidine rings is 1. The fraction of sp³-hybridized carbons (Fsp3) is 0.421. The molecule has 3 aromatic carbocycles. The first-order valence-electron chi connectivity index (χ1n) is 16.2. The van der Waals surface area contributed by atoms with Crippen LogP contribution in [-0.2, 0) is 16.1 Å². The highest BCUT2D eigenvalue weighted by Crippen LogP contribution is 2.67. The van der Waals surface area contributed by atoms with Gasteiger partial charge in [0.25, 0.3) is 5.91 Å². The zero-order valence-corrected chi connectivity index (χ0v) is 27.9. The molecule has 6 rings (SSSR count). The number of anilines is 1. The quantitative estimate of drug-likeness (QED) is 0.204. The van der Waals surface area contributed by atoms with Crippen LogP contribution in [0.2, 0.25) is 0 Å². The number of para-hydroxylation sites is 1. The molecule has 1 aromatic heterocycles. The van der Waals surface area contributed by atoms with Gasteiger partial charge in [0.1, 0.15) is 17.0 Å². The van der Waals surface area contributed by atoms with Crippen molar-refractivity contribution in [2.45, 2.75) is 58.0 Å². The second kappa shape index (κ2) is 12.5.